The van der Waals surface area contributed by atoms with Crippen LogP contribution in [0.15, 0.2) is 42.5 Å². The lowest BCUT2D eigenvalue weighted by atomic mass is 10.2. The average Bonchev–Trinajstić information content (AvgIpc) is 2.75. The Hall–Kier alpha value is -2.10. The molecule has 17 heavy (non-hydrogen) atoms. The van der Waals surface area contributed by atoms with E-state index in [1.54, 1.807) is 12.5 Å². The number of hydrogen-bond donors (Lipinski definition) is 1. The fourth-order valence-corrected chi connectivity index (χ4v) is 1.61. The van der Waals surface area contributed by atoms with Gasteiger partial charge in [0.15, 0.2) is 0 Å². The third-order valence-electron chi connectivity index (χ3n) is 2.52. The maximum atomic E-state index is 5.87. The van der Waals surface area contributed by atoms with Crippen molar-refractivity contribution in [2.75, 3.05) is 5.73 Å². The normalized spacial score (nSPS) is 10.2. The number of rotatable bonds is 3. The molecule has 4 nitrogen and oxygen atoms in total. The van der Waals surface area contributed by atoms with E-state index in [0.29, 0.717) is 5.82 Å². The molecule has 0 aliphatic heterocycles. The zero-order valence-electron chi connectivity index (χ0n) is 10.1. The molecule has 2 aromatic heterocycles. The quantitative estimate of drug-likeness (QED) is 0.821. The first kappa shape index (κ1) is 11.4. The summed E-state index contributed by atoms with van der Waals surface area (Å²) in [5, 5.41) is 0. The second-order valence-electron chi connectivity index (χ2n) is 4.15. The van der Waals surface area contributed by atoms with Gasteiger partial charge in [-0.05, 0) is 26.0 Å². The van der Waals surface area contributed by atoms with Crippen LogP contribution >= 0.6 is 0 Å². The maximum absolute atomic E-state index is 5.87. The van der Waals surface area contributed by atoms with Crippen molar-refractivity contribution in [3.8, 4) is 11.3 Å². The van der Waals surface area contributed by atoms with Gasteiger partial charge in [-0.25, -0.2) is 9.97 Å². The van der Waals surface area contributed by atoms with Crippen LogP contribution in [0.2, 0.25) is 0 Å². The minimum atomic E-state index is 0.534. The molecule has 0 radical (unpaired) electrons. The van der Waals surface area contributed by atoms with Crippen LogP contribution in [0, 0.1) is 0 Å². The van der Waals surface area contributed by atoms with Gasteiger partial charge in [-0.2, -0.15) is 0 Å². The van der Waals surface area contributed by atoms with Crippen molar-refractivity contribution in [3.05, 3.63) is 42.5 Å². The molecule has 0 atom stereocenters. The summed E-state index contributed by atoms with van der Waals surface area (Å²) in [6.07, 6.45) is 7.46. The average molecular weight is 228 g/mol. The summed E-state index contributed by atoms with van der Waals surface area (Å²) in [5.74, 6) is 0.534. The van der Waals surface area contributed by atoms with Crippen molar-refractivity contribution in [2.24, 2.45) is 0 Å². The number of anilines is 1. The Kier molecular flexibility index (Phi) is 3.23. The first-order valence-electron chi connectivity index (χ1n) is 5.53. The van der Waals surface area contributed by atoms with E-state index in [1.807, 2.05) is 18.3 Å². The molecule has 0 aliphatic carbocycles. The van der Waals surface area contributed by atoms with Gasteiger partial charge < -0.3 is 10.3 Å². The third kappa shape index (κ3) is 2.53. The molecule has 0 saturated heterocycles. The topological polar surface area (TPSA) is 56.7 Å². The SMILES string of the molecule is CC(C)=CCn1cncc1-c1cccnc1N. The van der Waals surface area contributed by atoms with Gasteiger partial charge >= 0.3 is 0 Å². The minimum Gasteiger partial charge on any atom is -0.383 e. The van der Waals surface area contributed by atoms with Gasteiger partial charge in [-0.3, -0.25) is 0 Å². The third-order valence-corrected chi connectivity index (χ3v) is 2.52. The second-order valence-corrected chi connectivity index (χ2v) is 4.15. The van der Waals surface area contributed by atoms with Crippen LogP contribution < -0.4 is 5.73 Å². The molecule has 0 amide bonds. The highest BCUT2D eigenvalue weighted by atomic mass is 15.0. The number of aromatic nitrogens is 3. The Morgan fingerprint density at radius 1 is 1.47 bits per heavy atom. The summed E-state index contributed by atoms with van der Waals surface area (Å²) in [5.41, 5.74) is 9.07. The monoisotopic (exact) mass is 228 g/mol. The molecule has 4 heteroatoms. The van der Waals surface area contributed by atoms with Crippen LogP contribution in [0.4, 0.5) is 5.82 Å². The summed E-state index contributed by atoms with van der Waals surface area (Å²) >= 11 is 0. The zero-order chi connectivity index (χ0) is 12.3. The maximum Gasteiger partial charge on any atom is 0.132 e. The van der Waals surface area contributed by atoms with E-state index >= 15 is 0 Å². The summed E-state index contributed by atoms with van der Waals surface area (Å²) < 4.78 is 2.06. The largest absolute Gasteiger partial charge is 0.383 e. The van der Waals surface area contributed by atoms with E-state index < -0.39 is 0 Å². The molecule has 2 heterocycles. The standard InChI is InChI=1S/C13H16N4/c1-10(2)5-7-17-9-15-8-12(17)11-4-3-6-16-13(11)14/h3-6,8-9H,7H2,1-2H3,(H2,14,16). The van der Waals surface area contributed by atoms with E-state index in [2.05, 4.69) is 34.5 Å². The van der Waals surface area contributed by atoms with E-state index in [1.165, 1.54) is 5.57 Å². The summed E-state index contributed by atoms with van der Waals surface area (Å²) in [6, 6.07) is 3.84. The van der Waals surface area contributed by atoms with Crippen molar-refractivity contribution >= 4 is 5.82 Å². The molecule has 0 fully saturated rings. The van der Waals surface area contributed by atoms with Crippen LogP contribution in [0.25, 0.3) is 11.3 Å². The first-order valence-corrected chi connectivity index (χ1v) is 5.53. The molecule has 0 saturated carbocycles. The highest BCUT2D eigenvalue weighted by Gasteiger charge is 2.07. The molecule has 0 aliphatic rings. The van der Waals surface area contributed by atoms with E-state index in [0.717, 1.165) is 17.8 Å². The first-order chi connectivity index (χ1) is 8.18. The zero-order valence-corrected chi connectivity index (χ0v) is 10.1. The van der Waals surface area contributed by atoms with Gasteiger partial charge in [0.2, 0.25) is 0 Å². The van der Waals surface area contributed by atoms with Crippen LogP contribution in [-0.2, 0) is 6.54 Å². The molecule has 0 bridgehead atoms. The van der Waals surface area contributed by atoms with Gasteiger partial charge in [0.05, 0.1) is 18.2 Å². The van der Waals surface area contributed by atoms with Crippen LogP contribution in [0.1, 0.15) is 13.8 Å². The fourth-order valence-electron chi connectivity index (χ4n) is 1.61. The Morgan fingerprint density at radius 3 is 3.00 bits per heavy atom. The molecular weight excluding hydrogens is 212 g/mol. The van der Waals surface area contributed by atoms with E-state index in [4.69, 9.17) is 5.73 Å². The fraction of sp³-hybridized carbons (Fsp3) is 0.231. The number of imidazole rings is 1. The lowest BCUT2D eigenvalue weighted by Gasteiger charge is -2.07. The predicted molar refractivity (Wildman–Crippen MR) is 69.3 cm³/mol. The van der Waals surface area contributed by atoms with Crippen molar-refractivity contribution in [3.63, 3.8) is 0 Å². The van der Waals surface area contributed by atoms with Gasteiger partial charge in [0.25, 0.3) is 0 Å². The van der Waals surface area contributed by atoms with Gasteiger partial charge in [0, 0.05) is 18.3 Å². The highest BCUT2D eigenvalue weighted by Crippen LogP contribution is 2.23. The minimum absolute atomic E-state index is 0.534. The number of nitrogens with zero attached hydrogens (tertiary/aromatic N) is 3. The number of nitrogen functional groups attached to an aromatic ring is 1. The van der Waals surface area contributed by atoms with Crippen molar-refractivity contribution in [1.82, 2.24) is 14.5 Å². The van der Waals surface area contributed by atoms with Gasteiger partial charge in [-0.15, -0.1) is 0 Å². The Labute approximate surface area is 101 Å². The molecule has 2 N–H and O–H groups in total. The highest BCUT2D eigenvalue weighted by molar-refractivity contribution is 5.70. The predicted octanol–water partition coefficient (Wildman–Crippen LogP) is 2.49. The number of allylic oxidation sites excluding steroid dienone is 2. The smallest absolute Gasteiger partial charge is 0.132 e. The Morgan fingerprint density at radius 2 is 2.29 bits per heavy atom. The molecular formula is C13H16N4. The van der Waals surface area contributed by atoms with Gasteiger partial charge in [-0.1, -0.05) is 11.6 Å². The molecule has 0 aromatic carbocycles. The van der Waals surface area contributed by atoms with Crippen LogP contribution in [0.5, 0.6) is 0 Å². The van der Waals surface area contributed by atoms with Crippen molar-refractivity contribution in [1.29, 1.82) is 0 Å². The van der Waals surface area contributed by atoms with Crippen molar-refractivity contribution in [2.45, 2.75) is 20.4 Å². The van der Waals surface area contributed by atoms with Crippen LogP contribution in [0.3, 0.4) is 0 Å². The van der Waals surface area contributed by atoms with E-state index in [9.17, 15) is 0 Å². The number of hydrogen-bond acceptors (Lipinski definition) is 3. The molecule has 2 rings (SSSR count). The number of nitrogens with two attached hydrogens (primary N) is 1. The Balaban J connectivity index is 2.37. The lowest BCUT2D eigenvalue weighted by Crippen LogP contribution is -2.00. The molecule has 88 valence electrons. The summed E-state index contributed by atoms with van der Waals surface area (Å²) in [4.78, 5) is 8.26. The van der Waals surface area contributed by atoms with Crippen LogP contribution in [-0.4, -0.2) is 14.5 Å². The summed E-state index contributed by atoms with van der Waals surface area (Å²) in [7, 11) is 0. The molecule has 2 aromatic rings. The molecule has 0 spiro atoms. The van der Waals surface area contributed by atoms with E-state index in [-0.39, 0.29) is 0 Å². The summed E-state index contributed by atoms with van der Waals surface area (Å²) in [6.45, 7) is 4.95. The molecule has 0 unspecified atom stereocenters. The lowest BCUT2D eigenvalue weighted by molar-refractivity contribution is 0.822. The van der Waals surface area contributed by atoms with Crippen molar-refractivity contribution < 1.29 is 0 Å². The second kappa shape index (κ2) is 4.82. The van der Waals surface area contributed by atoms with Gasteiger partial charge in [0.1, 0.15) is 5.82 Å². The Bertz CT molecular complexity index is 536. The number of pyridine rings is 1.